The summed E-state index contributed by atoms with van der Waals surface area (Å²) in [5, 5.41) is 47.0. The third-order valence-electron chi connectivity index (χ3n) is 5.79. The summed E-state index contributed by atoms with van der Waals surface area (Å²) in [7, 11) is 0. The number of aryl methyl sites for hydroxylation is 1. The van der Waals surface area contributed by atoms with Gasteiger partial charge in [-0.15, -0.1) is 0 Å². The number of allylic oxidation sites excluding steroid dienone is 1. The molecule has 1 aromatic carbocycles. The van der Waals surface area contributed by atoms with Gasteiger partial charge in [0.25, 0.3) is 0 Å². The Balaban J connectivity index is 2.10. The molecule has 2 rings (SSSR count). The molecule has 0 aromatic heterocycles. The standard InChI is InChI=1S/C24H36FN3O7/c1-13(2)20(26)16(23(27)35-24-22(33)21(32)19(25)17(12-30)34-24)11-15-5-3-14(4-6-15)7-8-18(31)28-9-10-29/h3-6,13,17,19,21-22,24,27,29-30,32-33H,7-12,26H2,1-2H3,(H,28,31)/p+1. The first-order chi connectivity index (χ1) is 16.6. The molecule has 196 valence electrons. The predicted octanol–water partition coefficient (Wildman–Crippen LogP) is -1.91. The number of aliphatic hydroxyl groups is 4. The summed E-state index contributed by atoms with van der Waals surface area (Å²) in [6.45, 7) is 3.15. The van der Waals surface area contributed by atoms with Gasteiger partial charge in [0.1, 0.15) is 18.3 Å². The minimum Gasteiger partial charge on any atom is -0.412 e. The third-order valence-corrected chi connectivity index (χ3v) is 5.79. The number of halogens is 1. The number of nitrogens with one attached hydrogen (secondary N) is 1. The number of hydrogen-bond donors (Lipinski definition) is 7. The summed E-state index contributed by atoms with van der Waals surface area (Å²) in [5.74, 6) is -0.379. The smallest absolute Gasteiger partial charge is 0.366 e. The number of amides is 1. The van der Waals surface area contributed by atoms with Crippen LogP contribution in [-0.4, -0.2) is 82.8 Å². The normalized spacial score (nSPS) is 25.2. The van der Waals surface area contributed by atoms with Gasteiger partial charge in [0.05, 0.1) is 18.8 Å². The highest BCUT2D eigenvalue weighted by molar-refractivity contribution is 5.90. The molecule has 1 fully saturated rings. The predicted molar refractivity (Wildman–Crippen MR) is 125 cm³/mol. The Morgan fingerprint density at radius 1 is 1.20 bits per heavy atom. The van der Waals surface area contributed by atoms with Crippen molar-refractivity contribution in [3.63, 3.8) is 0 Å². The molecule has 1 saturated heterocycles. The fourth-order valence-corrected chi connectivity index (χ4v) is 3.58. The van der Waals surface area contributed by atoms with Crippen molar-refractivity contribution in [2.45, 2.75) is 63.9 Å². The van der Waals surface area contributed by atoms with Crippen LogP contribution in [0.3, 0.4) is 0 Å². The zero-order valence-electron chi connectivity index (χ0n) is 20.1. The van der Waals surface area contributed by atoms with Crippen LogP contribution < -0.4 is 16.5 Å². The van der Waals surface area contributed by atoms with Crippen LogP contribution in [0.5, 0.6) is 0 Å². The monoisotopic (exact) mass is 498 g/mol. The fourth-order valence-electron chi connectivity index (χ4n) is 3.58. The molecular weight excluding hydrogens is 461 g/mol. The first-order valence-corrected chi connectivity index (χ1v) is 11.6. The van der Waals surface area contributed by atoms with Gasteiger partial charge in [-0.05, 0) is 23.5 Å². The maximum atomic E-state index is 14.0. The van der Waals surface area contributed by atoms with Crippen LogP contribution in [0.25, 0.3) is 0 Å². The van der Waals surface area contributed by atoms with Crippen molar-refractivity contribution < 1.29 is 44.5 Å². The average molecular weight is 499 g/mol. The number of rotatable bonds is 11. The Kier molecular flexibility index (Phi) is 11.1. The van der Waals surface area contributed by atoms with Crippen LogP contribution in [0.4, 0.5) is 4.39 Å². The molecule has 0 saturated carbocycles. The van der Waals surface area contributed by atoms with Crippen molar-refractivity contribution >= 4 is 11.8 Å². The molecule has 0 aliphatic carbocycles. The molecule has 11 heteroatoms. The minimum atomic E-state index is -1.98. The summed E-state index contributed by atoms with van der Waals surface area (Å²) >= 11 is 0. The second-order valence-corrected chi connectivity index (χ2v) is 8.79. The number of carbonyl (C=O) groups excluding carboxylic acids is 1. The first kappa shape index (κ1) is 28.7. The summed E-state index contributed by atoms with van der Waals surface area (Å²) in [5.41, 5.74) is 8.98. The molecule has 1 aliphatic heterocycles. The van der Waals surface area contributed by atoms with Gasteiger partial charge in [0.15, 0.2) is 6.17 Å². The summed E-state index contributed by atoms with van der Waals surface area (Å²) in [4.78, 5) is 11.7. The number of carbonyl (C=O) groups is 1. The molecule has 0 bridgehead atoms. The molecule has 1 aromatic rings. The molecule has 5 unspecified atom stereocenters. The van der Waals surface area contributed by atoms with E-state index in [0.29, 0.717) is 24.1 Å². The second kappa shape index (κ2) is 13.5. The lowest BCUT2D eigenvalue weighted by atomic mass is 9.96. The van der Waals surface area contributed by atoms with Gasteiger partial charge in [-0.25, -0.2) is 9.80 Å². The quantitative estimate of drug-likeness (QED) is 0.136. The van der Waals surface area contributed by atoms with E-state index in [2.05, 4.69) is 5.32 Å². The van der Waals surface area contributed by atoms with Gasteiger partial charge in [-0.1, -0.05) is 38.1 Å². The van der Waals surface area contributed by atoms with Crippen LogP contribution in [0.1, 0.15) is 31.4 Å². The van der Waals surface area contributed by atoms with Crippen molar-refractivity contribution in [2.24, 2.45) is 11.7 Å². The maximum Gasteiger partial charge on any atom is 0.366 e. The van der Waals surface area contributed by atoms with Crippen molar-refractivity contribution in [1.82, 2.24) is 5.32 Å². The molecular formula is C24H37FN3O7+. The number of nitrogens with two attached hydrogens (primary N) is 2. The van der Waals surface area contributed by atoms with Crippen molar-refractivity contribution in [3.05, 3.63) is 46.7 Å². The van der Waals surface area contributed by atoms with E-state index in [-0.39, 0.29) is 37.3 Å². The van der Waals surface area contributed by atoms with Gasteiger partial charge in [-0.3, -0.25) is 4.79 Å². The summed E-state index contributed by atoms with van der Waals surface area (Å²) in [6.07, 6.45) is -7.27. The van der Waals surface area contributed by atoms with Crippen molar-refractivity contribution in [3.8, 4) is 0 Å². The fraction of sp³-hybridized carbons (Fsp3) is 0.583. The van der Waals surface area contributed by atoms with Gasteiger partial charge in [0, 0.05) is 25.1 Å². The van der Waals surface area contributed by atoms with Gasteiger partial charge < -0.3 is 41.0 Å². The lowest BCUT2D eigenvalue weighted by molar-refractivity contribution is -0.281. The van der Waals surface area contributed by atoms with Crippen LogP contribution in [0, 0.1) is 5.92 Å². The molecule has 1 aliphatic rings. The summed E-state index contributed by atoms with van der Waals surface area (Å²) in [6, 6.07) is 7.50. The second-order valence-electron chi connectivity index (χ2n) is 8.79. The Labute approximate surface area is 204 Å². The van der Waals surface area contributed by atoms with E-state index >= 15 is 0 Å². The van der Waals surface area contributed by atoms with E-state index in [0.717, 1.165) is 11.1 Å². The maximum absolute atomic E-state index is 14.0. The van der Waals surface area contributed by atoms with Crippen LogP contribution in [0.15, 0.2) is 35.5 Å². The Hall–Kier alpha value is -2.57. The number of alkyl halides is 1. The third kappa shape index (κ3) is 7.97. The molecule has 0 spiro atoms. The SMILES string of the molecule is CC(C)C(N)=C(Cc1ccc(CCC(=O)NCCO)cc1)C(=[NH2+])OC1OC(CO)C(F)C(O)C1O. The van der Waals surface area contributed by atoms with E-state index in [9.17, 15) is 24.5 Å². The van der Waals surface area contributed by atoms with Crippen LogP contribution in [-0.2, 0) is 27.1 Å². The van der Waals surface area contributed by atoms with E-state index < -0.39 is 37.4 Å². The Morgan fingerprint density at radius 3 is 2.40 bits per heavy atom. The molecule has 1 amide bonds. The summed E-state index contributed by atoms with van der Waals surface area (Å²) < 4.78 is 24.8. The van der Waals surface area contributed by atoms with E-state index in [4.69, 9.17) is 25.7 Å². The molecule has 5 atom stereocenters. The van der Waals surface area contributed by atoms with E-state index in [1.165, 1.54) is 0 Å². The molecule has 35 heavy (non-hydrogen) atoms. The van der Waals surface area contributed by atoms with Crippen LogP contribution in [0.2, 0.25) is 0 Å². The molecule has 1 heterocycles. The number of hydrogen-bond acceptors (Lipinski definition) is 8. The lowest BCUT2D eigenvalue weighted by Gasteiger charge is -2.37. The highest BCUT2D eigenvalue weighted by atomic mass is 19.1. The zero-order chi connectivity index (χ0) is 26.1. The highest BCUT2D eigenvalue weighted by Gasteiger charge is 2.47. The lowest BCUT2D eigenvalue weighted by Crippen LogP contribution is -2.59. The topological polar surface area (TPSA) is 180 Å². The first-order valence-electron chi connectivity index (χ1n) is 11.6. The largest absolute Gasteiger partial charge is 0.412 e. The molecule has 0 radical (unpaired) electrons. The van der Waals surface area contributed by atoms with Gasteiger partial charge >= 0.3 is 5.90 Å². The molecule has 9 N–H and O–H groups in total. The number of ether oxygens (including phenoxy) is 2. The van der Waals surface area contributed by atoms with E-state index in [1.807, 2.05) is 38.1 Å². The van der Waals surface area contributed by atoms with Crippen molar-refractivity contribution in [1.29, 1.82) is 0 Å². The highest BCUT2D eigenvalue weighted by Crippen LogP contribution is 2.26. The van der Waals surface area contributed by atoms with E-state index in [1.54, 1.807) is 0 Å². The minimum absolute atomic E-state index is 0.0907. The molecule has 10 nitrogen and oxygen atoms in total. The zero-order valence-corrected chi connectivity index (χ0v) is 20.1. The Morgan fingerprint density at radius 2 is 1.83 bits per heavy atom. The van der Waals surface area contributed by atoms with Crippen molar-refractivity contribution in [2.75, 3.05) is 19.8 Å². The Bertz CT molecular complexity index is 876. The van der Waals surface area contributed by atoms with Gasteiger partial charge in [0.2, 0.25) is 12.2 Å². The van der Waals surface area contributed by atoms with Crippen LogP contribution >= 0.6 is 0 Å². The number of benzene rings is 1. The number of aliphatic hydroxyl groups excluding tert-OH is 4. The average Bonchev–Trinajstić information content (AvgIpc) is 2.85. The van der Waals surface area contributed by atoms with Gasteiger partial charge in [-0.2, -0.15) is 0 Å².